The Bertz CT molecular complexity index is 538. The SMILES string of the molecule is Cc1cccc(NC(=O)N2CCN(CCN3CCOCC3)CC2)c1. The number of rotatable bonds is 4. The van der Waals surface area contributed by atoms with Crippen LogP contribution in [-0.4, -0.2) is 86.3 Å². The zero-order valence-corrected chi connectivity index (χ0v) is 14.5. The average molecular weight is 332 g/mol. The molecular weight excluding hydrogens is 304 g/mol. The molecule has 1 N–H and O–H groups in total. The molecule has 0 saturated carbocycles. The lowest BCUT2D eigenvalue weighted by Crippen LogP contribution is -2.51. The molecule has 0 spiro atoms. The number of ether oxygens (including phenoxy) is 1. The van der Waals surface area contributed by atoms with Crippen LogP contribution in [0.25, 0.3) is 0 Å². The van der Waals surface area contributed by atoms with Gasteiger partial charge in [-0.2, -0.15) is 0 Å². The molecule has 1 aromatic carbocycles. The van der Waals surface area contributed by atoms with Gasteiger partial charge in [-0.25, -0.2) is 4.79 Å². The molecular formula is C18H28N4O2. The predicted molar refractivity (Wildman–Crippen MR) is 95.5 cm³/mol. The van der Waals surface area contributed by atoms with E-state index in [1.807, 2.05) is 36.1 Å². The maximum absolute atomic E-state index is 12.4. The Morgan fingerprint density at radius 1 is 1.04 bits per heavy atom. The van der Waals surface area contributed by atoms with Crippen LogP contribution in [0.15, 0.2) is 24.3 Å². The van der Waals surface area contributed by atoms with Crippen molar-refractivity contribution in [2.45, 2.75) is 6.92 Å². The summed E-state index contributed by atoms with van der Waals surface area (Å²) in [6, 6.07) is 7.94. The van der Waals surface area contributed by atoms with Gasteiger partial charge in [0.2, 0.25) is 0 Å². The van der Waals surface area contributed by atoms with Crippen LogP contribution in [0.2, 0.25) is 0 Å². The Balaban J connectivity index is 1.38. The highest BCUT2D eigenvalue weighted by atomic mass is 16.5. The van der Waals surface area contributed by atoms with Gasteiger partial charge in [0.25, 0.3) is 0 Å². The summed E-state index contributed by atoms with van der Waals surface area (Å²) in [5.74, 6) is 0. The molecule has 6 nitrogen and oxygen atoms in total. The normalized spacial score (nSPS) is 20.1. The molecule has 0 unspecified atom stereocenters. The number of aryl methyl sites for hydroxylation is 1. The number of nitrogens with one attached hydrogen (secondary N) is 1. The molecule has 0 aliphatic carbocycles. The molecule has 2 saturated heterocycles. The van der Waals surface area contributed by atoms with Crippen LogP contribution in [0, 0.1) is 6.92 Å². The van der Waals surface area contributed by atoms with Gasteiger partial charge in [-0.15, -0.1) is 0 Å². The maximum atomic E-state index is 12.4. The summed E-state index contributed by atoms with van der Waals surface area (Å²) >= 11 is 0. The number of carbonyl (C=O) groups is 1. The third kappa shape index (κ3) is 4.93. The number of carbonyl (C=O) groups excluding carboxylic acids is 1. The van der Waals surface area contributed by atoms with Crippen LogP contribution in [0.5, 0.6) is 0 Å². The van der Waals surface area contributed by atoms with Crippen LogP contribution in [-0.2, 0) is 4.74 Å². The minimum Gasteiger partial charge on any atom is -0.379 e. The fourth-order valence-corrected chi connectivity index (χ4v) is 3.21. The van der Waals surface area contributed by atoms with Gasteiger partial charge in [0, 0.05) is 58.0 Å². The number of nitrogens with zero attached hydrogens (tertiary/aromatic N) is 3. The van der Waals surface area contributed by atoms with Gasteiger partial charge < -0.3 is 15.0 Å². The van der Waals surface area contributed by atoms with E-state index in [1.165, 1.54) is 0 Å². The first-order valence-corrected chi connectivity index (χ1v) is 8.86. The van der Waals surface area contributed by atoms with Crippen molar-refractivity contribution in [1.29, 1.82) is 0 Å². The lowest BCUT2D eigenvalue weighted by atomic mass is 10.2. The molecule has 2 heterocycles. The van der Waals surface area contributed by atoms with E-state index in [1.54, 1.807) is 0 Å². The minimum atomic E-state index is 0.00780. The van der Waals surface area contributed by atoms with Crippen LogP contribution in [0.1, 0.15) is 5.56 Å². The third-order valence-electron chi connectivity index (χ3n) is 4.77. The van der Waals surface area contributed by atoms with Gasteiger partial charge in [0.1, 0.15) is 0 Å². The molecule has 0 bridgehead atoms. The second-order valence-corrected chi connectivity index (χ2v) is 6.58. The fourth-order valence-electron chi connectivity index (χ4n) is 3.21. The Hall–Kier alpha value is -1.63. The van der Waals surface area contributed by atoms with Crippen molar-refractivity contribution >= 4 is 11.7 Å². The third-order valence-corrected chi connectivity index (χ3v) is 4.77. The van der Waals surface area contributed by atoms with E-state index >= 15 is 0 Å². The standard InChI is InChI=1S/C18H28N4O2/c1-16-3-2-4-17(15-16)19-18(23)22-9-7-20(8-10-22)5-6-21-11-13-24-14-12-21/h2-4,15H,5-14H2,1H3,(H,19,23). The van der Waals surface area contributed by atoms with Gasteiger partial charge in [-0.1, -0.05) is 12.1 Å². The van der Waals surface area contributed by atoms with E-state index in [-0.39, 0.29) is 6.03 Å². The number of urea groups is 1. The van der Waals surface area contributed by atoms with E-state index in [0.717, 1.165) is 76.8 Å². The van der Waals surface area contributed by atoms with Crippen molar-refractivity contribution in [1.82, 2.24) is 14.7 Å². The molecule has 2 fully saturated rings. The Morgan fingerprint density at radius 3 is 2.38 bits per heavy atom. The number of anilines is 1. The van der Waals surface area contributed by atoms with Gasteiger partial charge >= 0.3 is 6.03 Å². The van der Waals surface area contributed by atoms with Gasteiger partial charge in [0.15, 0.2) is 0 Å². The number of hydrogen-bond acceptors (Lipinski definition) is 4. The first-order chi connectivity index (χ1) is 11.7. The number of amides is 2. The van der Waals surface area contributed by atoms with Gasteiger partial charge in [-0.05, 0) is 24.6 Å². The summed E-state index contributed by atoms with van der Waals surface area (Å²) in [6.07, 6.45) is 0. The molecule has 2 amide bonds. The molecule has 2 aliphatic rings. The predicted octanol–water partition coefficient (Wildman–Crippen LogP) is 1.48. The topological polar surface area (TPSA) is 48.1 Å². The molecule has 2 aliphatic heterocycles. The van der Waals surface area contributed by atoms with Crippen LogP contribution in [0.4, 0.5) is 10.5 Å². The van der Waals surface area contributed by atoms with Crippen molar-refractivity contribution in [3.63, 3.8) is 0 Å². The lowest BCUT2D eigenvalue weighted by molar-refractivity contribution is 0.0311. The number of hydrogen-bond donors (Lipinski definition) is 1. The van der Waals surface area contributed by atoms with Gasteiger partial charge in [-0.3, -0.25) is 9.80 Å². The summed E-state index contributed by atoms with van der Waals surface area (Å²) in [4.78, 5) is 19.2. The summed E-state index contributed by atoms with van der Waals surface area (Å²) in [5.41, 5.74) is 2.02. The molecule has 0 radical (unpaired) electrons. The molecule has 24 heavy (non-hydrogen) atoms. The summed E-state index contributed by atoms with van der Waals surface area (Å²) in [5, 5.41) is 3.00. The molecule has 0 atom stereocenters. The second kappa shape index (κ2) is 8.46. The number of benzene rings is 1. The highest BCUT2D eigenvalue weighted by Crippen LogP contribution is 2.11. The monoisotopic (exact) mass is 332 g/mol. The fraction of sp³-hybridized carbons (Fsp3) is 0.611. The first-order valence-electron chi connectivity index (χ1n) is 8.86. The highest BCUT2D eigenvalue weighted by molar-refractivity contribution is 5.89. The van der Waals surface area contributed by atoms with Crippen LogP contribution < -0.4 is 5.32 Å². The maximum Gasteiger partial charge on any atom is 0.321 e. The van der Waals surface area contributed by atoms with Crippen molar-refractivity contribution in [2.24, 2.45) is 0 Å². The van der Waals surface area contributed by atoms with E-state index in [9.17, 15) is 4.79 Å². The summed E-state index contributed by atoms with van der Waals surface area (Å²) in [7, 11) is 0. The van der Waals surface area contributed by atoms with E-state index in [2.05, 4.69) is 15.1 Å². The Kier molecular flexibility index (Phi) is 6.07. The zero-order chi connectivity index (χ0) is 16.8. The van der Waals surface area contributed by atoms with E-state index in [0.29, 0.717) is 0 Å². The Morgan fingerprint density at radius 2 is 1.71 bits per heavy atom. The number of piperazine rings is 1. The van der Waals surface area contributed by atoms with Crippen molar-refractivity contribution in [3.05, 3.63) is 29.8 Å². The highest BCUT2D eigenvalue weighted by Gasteiger charge is 2.21. The van der Waals surface area contributed by atoms with Crippen LogP contribution in [0.3, 0.4) is 0 Å². The molecule has 132 valence electrons. The first kappa shape index (κ1) is 17.2. The molecule has 3 rings (SSSR count). The lowest BCUT2D eigenvalue weighted by Gasteiger charge is -2.36. The molecule has 1 aromatic rings. The van der Waals surface area contributed by atoms with Crippen LogP contribution >= 0.6 is 0 Å². The molecule has 0 aromatic heterocycles. The zero-order valence-electron chi connectivity index (χ0n) is 14.5. The van der Waals surface area contributed by atoms with E-state index in [4.69, 9.17) is 4.74 Å². The average Bonchev–Trinajstić information content (AvgIpc) is 2.61. The summed E-state index contributed by atoms with van der Waals surface area (Å²) < 4.78 is 5.38. The summed E-state index contributed by atoms with van der Waals surface area (Å²) in [6.45, 7) is 11.5. The number of morpholine rings is 1. The van der Waals surface area contributed by atoms with Gasteiger partial charge in [0.05, 0.1) is 13.2 Å². The smallest absolute Gasteiger partial charge is 0.321 e. The molecule has 6 heteroatoms. The van der Waals surface area contributed by atoms with Crippen molar-refractivity contribution in [2.75, 3.05) is 70.9 Å². The van der Waals surface area contributed by atoms with E-state index < -0.39 is 0 Å². The quantitative estimate of drug-likeness (QED) is 0.907. The second-order valence-electron chi connectivity index (χ2n) is 6.58. The van der Waals surface area contributed by atoms with Crippen molar-refractivity contribution in [3.8, 4) is 0 Å². The largest absolute Gasteiger partial charge is 0.379 e. The Labute approximate surface area is 144 Å². The van der Waals surface area contributed by atoms with Crippen molar-refractivity contribution < 1.29 is 9.53 Å². The minimum absolute atomic E-state index is 0.00780.